The third-order valence-electron chi connectivity index (χ3n) is 3.79. The van der Waals surface area contributed by atoms with E-state index in [-0.39, 0.29) is 11.5 Å². The van der Waals surface area contributed by atoms with Crippen molar-refractivity contribution in [1.29, 1.82) is 0 Å². The number of carbonyl (C=O) groups excluding carboxylic acids is 1. The Morgan fingerprint density at radius 2 is 2.22 bits per heavy atom. The molecule has 4 heteroatoms. The third kappa shape index (κ3) is 2.53. The quantitative estimate of drug-likeness (QED) is 0.891. The number of hydrogen-bond donors (Lipinski definition) is 1. The minimum atomic E-state index is -0.228. The number of aromatic nitrogens is 1. The molecule has 18 heavy (non-hydrogen) atoms. The summed E-state index contributed by atoms with van der Waals surface area (Å²) in [5.41, 5.74) is 2.49. The predicted octanol–water partition coefficient (Wildman–Crippen LogP) is 2.60. The van der Waals surface area contributed by atoms with E-state index in [4.69, 9.17) is 4.74 Å². The highest BCUT2D eigenvalue weighted by Gasteiger charge is 2.39. The lowest BCUT2D eigenvalue weighted by Gasteiger charge is -2.39. The van der Waals surface area contributed by atoms with E-state index in [0.717, 1.165) is 36.2 Å². The van der Waals surface area contributed by atoms with E-state index in [1.54, 1.807) is 13.3 Å². The molecule has 1 fully saturated rings. The Morgan fingerprint density at radius 1 is 1.50 bits per heavy atom. The zero-order valence-electron chi connectivity index (χ0n) is 11.2. The molecule has 1 saturated carbocycles. The van der Waals surface area contributed by atoms with Gasteiger partial charge in [0.2, 0.25) is 5.91 Å². The number of hydrogen-bond acceptors (Lipinski definition) is 3. The SMILES string of the molecule is COC1(CC(=O)Nc2c(C)ccnc2C)CCC1. The van der Waals surface area contributed by atoms with Crippen LogP contribution in [-0.2, 0) is 9.53 Å². The second-order valence-corrected chi connectivity index (χ2v) is 5.05. The van der Waals surface area contributed by atoms with Crippen LogP contribution in [0.2, 0.25) is 0 Å². The zero-order chi connectivity index (χ0) is 13.2. The second kappa shape index (κ2) is 5.06. The lowest BCUT2D eigenvalue weighted by atomic mass is 9.77. The van der Waals surface area contributed by atoms with Gasteiger partial charge in [0.15, 0.2) is 0 Å². The minimum absolute atomic E-state index is 0.00995. The smallest absolute Gasteiger partial charge is 0.227 e. The Hall–Kier alpha value is -1.42. The van der Waals surface area contributed by atoms with Gasteiger partial charge >= 0.3 is 0 Å². The van der Waals surface area contributed by atoms with E-state index in [9.17, 15) is 4.79 Å². The van der Waals surface area contributed by atoms with Gasteiger partial charge in [-0.2, -0.15) is 0 Å². The average molecular weight is 248 g/mol. The van der Waals surface area contributed by atoms with Gasteiger partial charge in [-0.15, -0.1) is 0 Å². The Labute approximate surface area is 108 Å². The molecule has 0 radical (unpaired) electrons. The van der Waals surface area contributed by atoms with E-state index in [1.165, 1.54) is 0 Å². The van der Waals surface area contributed by atoms with E-state index < -0.39 is 0 Å². The summed E-state index contributed by atoms with van der Waals surface area (Å²) in [5.74, 6) is 0.00995. The molecule has 98 valence electrons. The molecule has 1 aromatic rings. The molecule has 1 aliphatic carbocycles. The average Bonchev–Trinajstić information content (AvgIpc) is 2.29. The summed E-state index contributed by atoms with van der Waals surface area (Å²) in [6, 6.07) is 1.90. The Kier molecular flexibility index (Phi) is 3.66. The number of methoxy groups -OCH3 is 1. The fourth-order valence-electron chi connectivity index (χ4n) is 2.38. The first-order valence-corrected chi connectivity index (χ1v) is 6.33. The van der Waals surface area contributed by atoms with Crippen molar-refractivity contribution < 1.29 is 9.53 Å². The summed E-state index contributed by atoms with van der Waals surface area (Å²) >= 11 is 0. The topological polar surface area (TPSA) is 51.2 Å². The highest BCUT2D eigenvalue weighted by molar-refractivity contribution is 5.92. The predicted molar refractivity (Wildman–Crippen MR) is 70.5 cm³/mol. The summed E-state index contributed by atoms with van der Waals surface area (Å²) in [6.45, 7) is 3.87. The highest BCUT2D eigenvalue weighted by atomic mass is 16.5. The highest BCUT2D eigenvalue weighted by Crippen LogP contribution is 2.38. The largest absolute Gasteiger partial charge is 0.378 e. The van der Waals surface area contributed by atoms with Gasteiger partial charge in [0.1, 0.15) is 0 Å². The van der Waals surface area contributed by atoms with Gasteiger partial charge in [-0.05, 0) is 44.7 Å². The molecule has 1 aromatic heterocycles. The summed E-state index contributed by atoms with van der Waals surface area (Å²) < 4.78 is 5.47. The normalized spacial score (nSPS) is 17.1. The second-order valence-electron chi connectivity index (χ2n) is 5.05. The number of nitrogens with zero attached hydrogens (tertiary/aromatic N) is 1. The molecule has 1 heterocycles. The van der Waals surface area contributed by atoms with Crippen LogP contribution in [0.1, 0.15) is 36.9 Å². The molecule has 0 bridgehead atoms. The van der Waals surface area contributed by atoms with Crippen molar-refractivity contribution in [3.8, 4) is 0 Å². The van der Waals surface area contributed by atoms with Crippen molar-refractivity contribution in [3.63, 3.8) is 0 Å². The molecule has 1 aliphatic rings. The first-order valence-electron chi connectivity index (χ1n) is 6.33. The molecule has 0 atom stereocenters. The lowest BCUT2D eigenvalue weighted by Crippen LogP contribution is -2.42. The van der Waals surface area contributed by atoms with Crippen LogP contribution in [0, 0.1) is 13.8 Å². The van der Waals surface area contributed by atoms with Gasteiger partial charge in [0.05, 0.1) is 23.4 Å². The van der Waals surface area contributed by atoms with Gasteiger partial charge in [-0.1, -0.05) is 0 Å². The molecule has 0 aliphatic heterocycles. The summed E-state index contributed by atoms with van der Waals surface area (Å²) in [5, 5.41) is 2.96. The molecule has 4 nitrogen and oxygen atoms in total. The maximum absolute atomic E-state index is 12.1. The number of nitrogens with one attached hydrogen (secondary N) is 1. The number of aryl methyl sites for hydroxylation is 2. The molecular formula is C14H20N2O2. The van der Waals surface area contributed by atoms with E-state index in [0.29, 0.717) is 6.42 Å². The summed E-state index contributed by atoms with van der Waals surface area (Å²) in [7, 11) is 1.69. The van der Waals surface area contributed by atoms with Crippen LogP contribution in [0.3, 0.4) is 0 Å². The number of ether oxygens (including phenoxy) is 1. The van der Waals surface area contributed by atoms with Crippen LogP contribution >= 0.6 is 0 Å². The van der Waals surface area contributed by atoms with Crippen LogP contribution in [0.4, 0.5) is 5.69 Å². The van der Waals surface area contributed by atoms with E-state index in [1.807, 2.05) is 19.9 Å². The van der Waals surface area contributed by atoms with Crippen molar-refractivity contribution >= 4 is 11.6 Å². The van der Waals surface area contributed by atoms with Crippen LogP contribution in [-0.4, -0.2) is 23.6 Å². The van der Waals surface area contributed by atoms with Crippen molar-refractivity contribution in [2.45, 2.75) is 45.1 Å². The third-order valence-corrected chi connectivity index (χ3v) is 3.79. The van der Waals surface area contributed by atoms with Crippen LogP contribution in [0.15, 0.2) is 12.3 Å². The molecule has 0 saturated heterocycles. The number of rotatable bonds is 4. The lowest BCUT2D eigenvalue weighted by molar-refractivity contribution is -0.129. The fraction of sp³-hybridized carbons (Fsp3) is 0.571. The van der Waals surface area contributed by atoms with Gasteiger partial charge in [0.25, 0.3) is 0 Å². The van der Waals surface area contributed by atoms with Crippen molar-refractivity contribution in [2.75, 3.05) is 12.4 Å². The number of amides is 1. The molecule has 0 unspecified atom stereocenters. The van der Waals surface area contributed by atoms with Crippen LogP contribution < -0.4 is 5.32 Å². The Morgan fingerprint density at radius 3 is 2.72 bits per heavy atom. The molecular weight excluding hydrogens is 228 g/mol. The fourth-order valence-corrected chi connectivity index (χ4v) is 2.38. The van der Waals surface area contributed by atoms with Crippen molar-refractivity contribution in [2.24, 2.45) is 0 Å². The van der Waals surface area contributed by atoms with E-state index in [2.05, 4.69) is 10.3 Å². The van der Waals surface area contributed by atoms with Crippen LogP contribution in [0.25, 0.3) is 0 Å². The maximum Gasteiger partial charge on any atom is 0.227 e. The number of carbonyl (C=O) groups is 1. The molecule has 1 N–H and O–H groups in total. The van der Waals surface area contributed by atoms with Crippen LogP contribution in [0.5, 0.6) is 0 Å². The van der Waals surface area contributed by atoms with Gasteiger partial charge in [-0.25, -0.2) is 0 Å². The molecule has 1 amide bonds. The Balaban J connectivity index is 2.03. The van der Waals surface area contributed by atoms with Crippen molar-refractivity contribution in [1.82, 2.24) is 4.98 Å². The first-order chi connectivity index (χ1) is 8.56. The Bertz CT molecular complexity index is 427. The number of pyridine rings is 1. The van der Waals surface area contributed by atoms with Crippen molar-refractivity contribution in [3.05, 3.63) is 23.5 Å². The van der Waals surface area contributed by atoms with Gasteiger partial charge in [-0.3, -0.25) is 9.78 Å². The standard InChI is InChI=1S/C14H20N2O2/c1-10-5-8-15-11(2)13(10)16-12(17)9-14(18-3)6-4-7-14/h5,8H,4,6-7,9H2,1-3H3,(H,16,17). The zero-order valence-corrected chi connectivity index (χ0v) is 11.2. The molecule has 0 spiro atoms. The van der Waals surface area contributed by atoms with Gasteiger partial charge in [0, 0.05) is 13.3 Å². The maximum atomic E-state index is 12.1. The summed E-state index contributed by atoms with van der Waals surface area (Å²) in [6.07, 6.45) is 5.27. The minimum Gasteiger partial charge on any atom is -0.378 e. The monoisotopic (exact) mass is 248 g/mol. The van der Waals surface area contributed by atoms with E-state index >= 15 is 0 Å². The number of anilines is 1. The molecule has 0 aromatic carbocycles. The summed E-state index contributed by atoms with van der Waals surface area (Å²) in [4.78, 5) is 16.3. The molecule has 2 rings (SSSR count). The first kappa shape index (κ1) is 13.0. The van der Waals surface area contributed by atoms with Gasteiger partial charge < -0.3 is 10.1 Å².